The number of hydrogen-bond donors (Lipinski definition) is 0. The minimum Gasteiger partial charge on any atom is -0.467 e. The Labute approximate surface area is 197 Å². The summed E-state index contributed by atoms with van der Waals surface area (Å²) >= 11 is 0. The summed E-state index contributed by atoms with van der Waals surface area (Å²) in [6.45, 7) is 3.90. The number of methoxy groups -OCH3 is 1. The molecule has 0 radical (unpaired) electrons. The average molecular weight is 459 g/mol. The number of rotatable bonds is 9. The van der Waals surface area contributed by atoms with Crippen LogP contribution in [0.2, 0.25) is 0 Å². The first-order valence-electron chi connectivity index (χ1n) is 12.2. The van der Waals surface area contributed by atoms with Gasteiger partial charge in [-0.3, -0.25) is 14.5 Å². The number of likely N-dealkylation sites (tertiary alicyclic amines) is 1. The molecule has 1 aliphatic carbocycles. The van der Waals surface area contributed by atoms with Crippen LogP contribution in [0.25, 0.3) is 0 Å². The van der Waals surface area contributed by atoms with Gasteiger partial charge in [-0.05, 0) is 64.5 Å². The largest absolute Gasteiger partial charge is 0.467 e. The fourth-order valence-electron chi connectivity index (χ4n) is 5.46. The maximum Gasteiger partial charge on any atom is 0.328 e. The van der Waals surface area contributed by atoms with Gasteiger partial charge in [-0.1, -0.05) is 43.2 Å². The van der Waals surface area contributed by atoms with E-state index in [9.17, 15) is 14.4 Å². The zero-order valence-corrected chi connectivity index (χ0v) is 20.4. The number of carbonyl (C=O) groups is 3. The Kier molecular flexibility index (Phi) is 8.89. The van der Waals surface area contributed by atoms with Crippen molar-refractivity contribution in [2.24, 2.45) is 5.92 Å². The SMILES string of the molecule is CCOC(=O)[C@H](CCc1ccccc1)N(C)C(C)C(=O)N1[C@H](C(=O)OC)C[C@H]2CCCC[C@@H]21. The van der Waals surface area contributed by atoms with Crippen LogP contribution in [0.5, 0.6) is 0 Å². The topological polar surface area (TPSA) is 76.2 Å². The predicted molar refractivity (Wildman–Crippen MR) is 125 cm³/mol. The Bertz CT molecular complexity index is 814. The van der Waals surface area contributed by atoms with Gasteiger partial charge in [0.25, 0.3) is 0 Å². The third-order valence-corrected chi connectivity index (χ3v) is 7.38. The third-order valence-electron chi connectivity index (χ3n) is 7.38. The van der Waals surface area contributed by atoms with E-state index in [1.54, 1.807) is 18.9 Å². The normalized spacial score (nSPS) is 24.2. The van der Waals surface area contributed by atoms with E-state index in [1.807, 2.05) is 42.2 Å². The Balaban J connectivity index is 1.78. The number of ether oxygens (including phenoxy) is 2. The van der Waals surface area contributed by atoms with Crippen molar-refractivity contribution in [3.8, 4) is 0 Å². The first kappa shape index (κ1) is 25.2. The molecule has 0 N–H and O–H groups in total. The molecule has 1 unspecified atom stereocenters. The van der Waals surface area contributed by atoms with Gasteiger partial charge in [-0.2, -0.15) is 0 Å². The van der Waals surface area contributed by atoms with Crippen molar-refractivity contribution in [1.82, 2.24) is 9.80 Å². The standard InChI is InChI=1S/C26H38N2O5/c1-5-33-26(31)22(16-15-19-11-7-6-8-12-19)27(3)18(2)24(29)28-21-14-10-9-13-20(21)17-23(28)25(30)32-4/h6-8,11-12,18,20-23H,5,9-10,13-17H2,1-4H3/t18?,20-,21+,22+,23+/m1/s1. The minimum atomic E-state index is -0.567. The molecule has 0 aromatic heterocycles. The summed E-state index contributed by atoms with van der Waals surface area (Å²) in [5.41, 5.74) is 1.13. The fourth-order valence-corrected chi connectivity index (χ4v) is 5.46. The van der Waals surface area contributed by atoms with Crippen LogP contribution in [0.15, 0.2) is 30.3 Å². The van der Waals surface area contributed by atoms with Crippen LogP contribution in [0.3, 0.4) is 0 Å². The molecule has 1 aromatic rings. The molecule has 0 spiro atoms. The van der Waals surface area contributed by atoms with E-state index in [0.29, 0.717) is 25.2 Å². The first-order chi connectivity index (χ1) is 15.9. The van der Waals surface area contributed by atoms with Crippen molar-refractivity contribution in [2.45, 2.75) is 83.0 Å². The van der Waals surface area contributed by atoms with Gasteiger partial charge in [0.05, 0.1) is 19.8 Å². The van der Waals surface area contributed by atoms with Gasteiger partial charge in [0.2, 0.25) is 5.91 Å². The molecule has 5 atom stereocenters. The first-order valence-corrected chi connectivity index (χ1v) is 12.2. The zero-order chi connectivity index (χ0) is 24.0. The summed E-state index contributed by atoms with van der Waals surface area (Å²) in [7, 11) is 3.18. The molecular formula is C26H38N2O5. The van der Waals surface area contributed by atoms with Crippen molar-refractivity contribution < 1.29 is 23.9 Å². The quantitative estimate of drug-likeness (QED) is 0.529. The van der Waals surface area contributed by atoms with Gasteiger partial charge in [0.1, 0.15) is 12.1 Å². The molecule has 1 aliphatic heterocycles. The highest BCUT2D eigenvalue weighted by Crippen LogP contribution is 2.40. The second-order valence-electron chi connectivity index (χ2n) is 9.27. The Hall–Kier alpha value is -2.41. The van der Waals surface area contributed by atoms with E-state index < -0.39 is 18.1 Å². The van der Waals surface area contributed by atoms with Crippen LogP contribution in [-0.4, -0.2) is 72.6 Å². The lowest BCUT2D eigenvalue weighted by molar-refractivity contribution is -0.157. The number of esters is 2. The van der Waals surface area contributed by atoms with Gasteiger partial charge in [0, 0.05) is 6.04 Å². The molecule has 7 heteroatoms. The summed E-state index contributed by atoms with van der Waals surface area (Å²) in [4.78, 5) is 42.7. The number of nitrogens with zero attached hydrogens (tertiary/aromatic N) is 2. The molecule has 1 amide bonds. The molecule has 2 aliphatic rings. The molecule has 1 saturated carbocycles. The van der Waals surface area contributed by atoms with Crippen LogP contribution >= 0.6 is 0 Å². The van der Waals surface area contributed by atoms with Crippen LogP contribution < -0.4 is 0 Å². The molecule has 3 rings (SSSR count). The summed E-state index contributed by atoms with van der Waals surface area (Å²) in [6.07, 6.45) is 6.06. The van der Waals surface area contributed by atoms with E-state index in [0.717, 1.165) is 31.2 Å². The van der Waals surface area contributed by atoms with E-state index in [-0.39, 0.29) is 30.5 Å². The molecule has 33 heavy (non-hydrogen) atoms. The van der Waals surface area contributed by atoms with E-state index >= 15 is 0 Å². The van der Waals surface area contributed by atoms with Gasteiger partial charge in [0.15, 0.2) is 0 Å². The highest BCUT2D eigenvalue weighted by molar-refractivity contribution is 5.89. The number of amides is 1. The van der Waals surface area contributed by atoms with Gasteiger partial charge < -0.3 is 14.4 Å². The van der Waals surface area contributed by atoms with Crippen LogP contribution in [0, 0.1) is 5.92 Å². The molecular weight excluding hydrogens is 420 g/mol. The highest BCUT2D eigenvalue weighted by Gasteiger charge is 2.49. The molecule has 1 saturated heterocycles. The van der Waals surface area contributed by atoms with Crippen molar-refractivity contribution in [3.05, 3.63) is 35.9 Å². The smallest absolute Gasteiger partial charge is 0.328 e. The molecule has 0 bridgehead atoms. The monoisotopic (exact) mass is 458 g/mol. The summed E-state index contributed by atoms with van der Waals surface area (Å²) in [5.74, 6) is -0.449. The summed E-state index contributed by atoms with van der Waals surface area (Å²) < 4.78 is 10.4. The summed E-state index contributed by atoms with van der Waals surface area (Å²) in [6, 6.07) is 8.39. The molecule has 182 valence electrons. The number of aryl methyl sites for hydroxylation is 1. The van der Waals surface area contributed by atoms with Gasteiger partial charge >= 0.3 is 11.9 Å². The number of hydrogen-bond acceptors (Lipinski definition) is 6. The Morgan fingerprint density at radius 2 is 1.85 bits per heavy atom. The van der Waals surface area contributed by atoms with Gasteiger partial charge in [-0.25, -0.2) is 4.79 Å². The average Bonchev–Trinajstić information content (AvgIpc) is 3.23. The lowest BCUT2D eigenvalue weighted by Crippen LogP contribution is -2.56. The van der Waals surface area contributed by atoms with Crippen LogP contribution in [0.4, 0.5) is 0 Å². The number of likely N-dealkylation sites (N-methyl/N-ethyl adjacent to an activating group) is 1. The third kappa shape index (κ3) is 5.75. The maximum atomic E-state index is 13.8. The minimum absolute atomic E-state index is 0.0663. The molecule has 1 heterocycles. The molecule has 1 aromatic carbocycles. The van der Waals surface area contributed by atoms with Gasteiger partial charge in [-0.15, -0.1) is 0 Å². The van der Waals surface area contributed by atoms with Crippen molar-refractivity contribution in [3.63, 3.8) is 0 Å². The number of carbonyl (C=O) groups excluding carboxylic acids is 3. The molecule has 2 fully saturated rings. The zero-order valence-electron chi connectivity index (χ0n) is 20.4. The van der Waals surface area contributed by atoms with E-state index in [4.69, 9.17) is 9.47 Å². The number of benzene rings is 1. The molecule has 7 nitrogen and oxygen atoms in total. The predicted octanol–water partition coefficient (Wildman–Crippen LogP) is 3.20. The van der Waals surface area contributed by atoms with Crippen LogP contribution in [0.1, 0.15) is 57.9 Å². The summed E-state index contributed by atoms with van der Waals surface area (Å²) in [5, 5.41) is 0. The van der Waals surface area contributed by atoms with E-state index in [2.05, 4.69) is 0 Å². The fraction of sp³-hybridized carbons (Fsp3) is 0.654. The van der Waals surface area contributed by atoms with Crippen molar-refractivity contribution >= 4 is 17.8 Å². The lowest BCUT2D eigenvalue weighted by atomic mass is 9.84. The van der Waals surface area contributed by atoms with E-state index in [1.165, 1.54) is 7.11 Å². The Morgan fingerprint density at radius 3 is 2.52 bits per heavy atom. The lowest BCUT2D eigenvalue weighted by Gasteiger charge is -2.38. The van der Waals surface area contributed by atoms with Crippen molar-refractivity contribution in [1.29, 1.82) is 0 Å². The maximum absolute atomic E-state index is 13.8. The second-order valence-corrected chi connectivity index (χ2v) is 9.27. The second kappa shape index (κ2) is 11.6. The Morgan fingerprint density at radius 1 is 1.15 bits per heavy atom. The number of fused-ring (bicyclic) bond motifs is 1. The van der Waals surface area contributed by atoms with Crippen molar-refractivity contribution in [2.75, 3.05) is 20.8 Å². The highest BCUT2D eigenvalue weighted by atomic mass is 16.5. The van der Waals surface area contributed by atoms with Crippen LogP contribution in [-0.2, 0) is 30.3 Å².